The van der Waals surface area contributed by atoms with E-state index in [0.29, 0.717) is 18.9 Å². The van der Waals surface area contributed by atoms with Crippen LogP contribution in [0.5, 0.6) is 0 Å². The molecule has 0 N–H and O–H groups in total. The predicted octanol–water partition coefficient (Wildman–Crippen LogP) is 2.43. The maximum atomic E-state index is 13.4. The Morgan fingerprint density at radius 3 is 2.22 bits per heavy atom. The van der Waals surface area contributed by atoms with Crippen LogP contribution in [0.25, 0.3) is 0 Å². The number of rotatable bonds is 5. The number of amides is 1. The molecule has 1 heterocycles. The van der Waals surface area contributed by atoms with E-state index >= 15 is 0 Å². The Bertz CT molecular complexity index is 912. The van der Waals surface area contributed by atoms with Crippen molar-refractivity contribution < 1.29 is 22.0 Å². The van der Waals surface area contributed by atoms with E-state index in [4.69, 9.17) is 0 Å². The zero-order valence-corrected chi connectivity index (χ0v) is 15.5. The Hall–Kier alpha value is -2.32. The Kier molecular flexibility index (Phi) is 5.86. The van der Waals surface area contributed by atoms with Gasteiger partial charge in [0.05, 0.1) is 4.90 Å². The summed E-state index contributed by atoms with van der Waals surface area (Å²) in [4.78, 5) is 13.7. The van der Waals surface area contributed by atoms with Crippen molar-refractivity contribution in [2.45, 2.75) is 17.7 Å². The third-order valence-electron chi connectivity index (χ3n) is 4.59. The zero-order chi connectivity index (χ0) is 19.4. The molecule has 0 atom stereocenters. The van der Waals surface area contributed by atoms with Crippen LogP contribution < -0.4 is 0 Å². The maximum Gasteiger partial charge on any atom is 0.243 e. The molecule has 1 aliphatic heterocycles. The number of sulfonamides is 1. The summed E-state index contributed by atoms with van der Waals surface area (Å²) in [6.45, 7) is 0.796. The topological polar surface area (TPSA) is 57.7 Å². The van der Waals surface area contributed by atoms with Crippen LogP contribution in [0.15, 0.2) is 53.4 Å². The molecule has 0 saturated carbocycles. The van der Waals surface area contributed by atoms with Crippen LogP contribution in [0.4, 0.5) is 8.78 Å². The van der Waals surface area contributed by atoms with Gasteiger partial charge in [-0.1, -0.05) is 30.3 Å². The Balaban J connectivity index is 1.57. The molecule has 2 aromatic rings. The monoisotopic (exact) mass is 394 g/mol. The largest absolute Gasteiger partial charge is 0.340 e. The fraction of sp³-hybridized carbons (Fsp3) is 0.316. The molecular weight excluding hydrogens is 374 g/mol. The molecule has 1 saturated heterocycles. The van der Waals surface area contributed by atoms with Gasteiger partial charge in [0.15, 0.2) is 11.6 Å². The highest BCUT2D eigenvalue weighted by Crippen LogP contribution is 2.20. The lowest BCUT2D eigenvalue weighted by Gasteiger charge is -2.34. The van der Waals surface area contributed by atoms with Crippen molar-refractivity contribution in [2.75, 3.05) is 26.2 Å². The molecule has 27 heavy (non-hydrogen) atoms. The summed E-state index contributed by atoms with van der Waals surface area (Å²) >= 11 is 0. The SMILES string of the molecule is O=C(CCc1ccccc1)N1CCN(S(=O)(=O)c2ccc(F)c(F)c2)CC1. The van der Waals surface area contributed by atoms with Gasteiger partial charge < -0.3 is 4.90 Å². The standard InChI is InChI=1S/C19H20F2N2O3S/c20-17-8-7-16(14-18(17)21)27(25,26)23-12-10-22(11-13-23)19(24)9-6-15-4-2-1-3-5-15/h1-5,7-8,14H,6,9-13H2. The van der Waals surface area contributed by atoms with Gasteiger partial charge in [0.1, 0.15) is 0 Å². The molecule has 0 bridgehead atoms. The Labute approximate surface area is 157 Å². The molecular formula is C19H20F2N2O3S. The molecule has 8 heteroatoms. The molecule has 0 aliphatic carbocycles. The van der Waals surface area contributed by atoms with E-state index in [2.05, 4.69) is 0 Å². The van der Waals surface area contributed by atoms with Gasteiger partial charge in [0, 0.05) is 32.6 Å². The second kappa shape index (κ2) is 8.14. The summed E-state index contributed by atoms with van der Waals surface area (Å²) in [5.74, 6) is -2.32. The fourth-order valence-electron chi connectivity index (χ4n) is 3.02. The number of hydrogen-bond donors (Lipinski definition) is 0. The van der Waals surface area contributed by atoms with E-state index in [1.165, 1.54) is 4.31 Å². The van der Waals surface area contributed by atoms with Crippen LogP contribution in [0.3, 0.4) is 0 Å². The number of carbonyl (C=O) groups is 1. The van der Waals surface area contributed by atoms with E-state index in [1.54, 1.807) is 4.90 Å². The normalized spacial score (nSPS) is 15.7. The van der Waals surface area contributed by atoms with Crippen molar-refractivity contribution in [3.05, 3.63) is 65.7 Å². The first-order valence-electron chi connectivity index (χ1n) is 8.65. The van der Waals surface area contributed by atoms with Gasteiger partial charge in [0.2, 0.25) is 15.9 Å². The van der Waals surface area contributed by atoms with Gasteiger partial charge in [-0.2, -0.15) is 4.31 Å². The quantitative estimate of drug-likeness (QED) is 0.783. The predicted molar refractivity (Wildman–Crippen MR) is 96.5 cm³/mol. The first-order chi connectivity index (χ1) is 12.9. The fourth-order valence-corrected chi connectivity index (χ4v) is 4.45. The number of carbonyl (C=O) groups excluding carboxylic acids is 1. The van der Waals surface area contributed by atoms with Crippen LogP contribution in [-0.4, -0.2) is 49.7 Å². The minimum absolute atomic E-state index is 0.0243. The third-order valence-corrected chi connectivity index (χ3v) is 6.49. The molecule has 1 amide bonds. The summed E-state index contributed by atoms with van der Waals surface area (Å²) in [5.41, 5.74) is 1.07. The van der Waals surface area contributed by atoms with Crippen molar-refractivity contribution in [1.29, 1.82) is 0 Å². The van der Waals surface area contributed by atoms with Crippen molar-refractivity contribution in [3.63, 3.8) is 0 Å². The van der Waals surface area contributed by atoms with Crippen molar-refractivity contribution >= 4 is 15.9 Å². The number of benzene rings is 2. The highest BCUT2D eigenvalue weighted by Gasteiger charge is 2.30. The van der Waals surface area contributed by atoms with Gasteiger partial charge >= 0.3 is 0 Å². The number of aryl methyl sites for hydroxylation is 1. The molecule has 1 aliphatic rings. The molecule has 0 aromatic heterocycles. The summed E-state index contributed by atoms with van der Waals surface area (Å²) in [7, 11) is -3.92. The zero-order valence-electron chi connectivity index (χ0n) is 14.6. The number of hydrogen-bond acceptors (Lipinski definition) is 3. The van der Waals surface area contributed by atoms with Gasteiger partial charge in [-0.25, -0.2) is 17.2 Å². The number of halogens is 2. The van der Waals surface area contributed by atoms with Crippen molar-refractivity contribution in [2.24, 2.45) is 0 Å². The van der Waals surface area contributed by atoms with Crippen molar-refractivity contribution in [1.82, 2.24) is 9.21 Å². The summed E-state index contributed by atoms with van der Waals surface area (Å²) < 4.78 is 52.7. The Morgan fingerprint density at radius 1 is 0.926 bits per heavy atom. The van der Waals surface area contributed by atoms with Crippen LogP contribution in [0.1, 0.15) is 12.0 Å². The highest BCUT2D eigenvalue weighted by atomic mass is 32.2. The maximum absolute atomic E-state index is 13.4. The number of nitrogens with zero attached hydrogens (tertiary/aromatic N) is 2. The smallest absolute Gasteiger partial charge is 0.243 e. The average molecular weight is 394 g/mol. The first-order valence-corrected chi connectivity index (χ1v) is 10.1. The molecule has 0 unspecified atom stereocenters. The number of piperazine rings is 1. The van der Waals surface area contributed by atoms with Crippen LogP contribution >= 0.6 is 0 Å². The van der Waals surface area contributed by atoms with Gasteiger partial charge in [-0.3, -0.25) is 4.79 Å². The second-order valence-corrected chi connectivity index (χ2v) is 8.28. The highest BCUT2D eigenvalue weighted by molar-refractivity contribution is 7.89. The minimum atomic E-state index is -3.92. The van der Waals surface area contributed by atoms with Crippen LogP contribution in [-0.2, 0) is 21.2 Å². The van der Waals surface area contributed by atoms with E-state index in [-0.39, 0.29) is 37.0 Å². The van der Waals surface area contributed by atoms with Gasteiger partial charge in [-0.05, 0) is 30.2 Å². The van der Waals surface area contributed by atoms with Gasteiger partial charge in [-0.15, -0.1) is 0 Å². The average Bonchev–Trinajstić information content (AvgIpc) is 2.69. The molecule has 0 spiro atoms. The molecule has 144 valence electrons. The van der Waals surface area contributed by atoms with Gasteiger partial charge in [0.25, 0.3) is 0 Å². The lowest BCUT2D eigenvalue weighted by atomic mass is 10.1. The molecule has 3 rings (SSSR count). The molecule has 0 radical (unpaired) electrons. The summed E-state index contributed by atoms with van der Waals surface area (Å²) in [5, 5.41) is 0. The molecule has 1 fully saturated rings. The van der Waals surface area contributed by atoms with E-state index in [1.807, 2.05) is 30.3 Å². The first kappa shape index (κ1) is 19.4. The summed E-state index contributed by atoms with van der Waals surface area (Å²) in [6.07, 6.45) is 0.993. The second-order valence-electron chi connectivity index (χ2n) is 6.35. The van der Waals surface area contributed by atoms with E-state index < -0.39 is 21.7 Å². The lowest BCUT2D eigenvalue weighted by molar-refractivity contribution is -0.132. The Morgan fingerprint density at radius 2 is 1.59 bits per heavy atom. The minimum Gasteiger partial charge on any atom is -0.340 e. The van der Waals surface area contributed by atoms with Crippen molar-refractivity contribution in [3.8, 4) is 0 Å². The van der Waals surface area contributed by atoms with E-state index in [9.17, 15) is 22.0 Å². The van der Waals surface area contributed by atoms with Crippen LogP contribution in [0, 0.1) is 11.6 Å². The molecule has 5 nitrogen and oxygen atoms in total. The van der Waals surface area contributed by atoms with Crippen LogP contribution in [0.2, 0.25) is 0 Å². The lowest BCUT2D eigenvalue weighted by Crippen LogP contribution is -2.50. The summed E-state index contributed by atoms with van der Waals surface area (Å²) in [6, 6.07) is 12.2. The van der Waals surface area contributed by atoms with E-state index in [0.717, 1.165) is 17.7 Å². The molecule has 2 aromatic carbocycles. The third kappa shape index (κ3) is 4.51.